The van der Waals surface area contributed by atoms with E-state index in [9.17, 15) is 27.2 Å². The first kappa shape index (κ1) is 24.2. The zero-order valence-electron chi connectivity index (χ0n) is 16.2. The summed E-state index contributed by atoms with van der Waals surface area (Å²) in [6, 6.07) is 8.20. The molecule has 0 aromatic heterocycles. The third kappa shape index (κ3) is 7.93. The van der Waals surface area contributed by atoms with Crippen molar-refractivity contribution in [3.8, 4) is 5.75 Å². The number of nitrogens with one attached hydrogen (secondary N) is 2. The fourth-order valence-corrected chi connectivity index (χ4v) is 2.47. The molecule has 0 radical (unpaired) electrons. The summed E-state index contributed by atoms with van der Waals surface area (Å²) in [5, 5.41) is 5.01. The van der Waals surface area contributed by atoms with Crippen LogP contribution in [0.15, 0.2) is 54.6 Å². The van der Waals surface area contributed by atoms with Crippen molar-refractivity contribution in [2.45, 2.75) is 19.1 Å². The highest BCUT2D eigenvalue weighted by atomic mass is 35.5. The Morgan fingerprint density at radius 3 is 2.35 bits per heavy atom. The molecule has 0 unspecified atom stereocenters. The summed E-state index contributed by atoms with van der Waals surface area (Å²) in [5.41, 5.74) is -0.0842. The van der Waals surface area contributed by atoms with Gasteiger partial charge < -0.3 is 15.4 Å². The van der Waals surface area contributed by atoms with Crippen LogP contribution in [0.2, 0.25) is 5.02 Å². The molecule has 0 aliphatic rings. The van der Waals surface area contributed by atoms with Crippen molar-refractivity contribution in [2.24, 2.45) is 0 Å². The maximum Gasteiger partial charge on any atom is 0.416 e. The number of rotatable bonds is 9. The van der Waals surface area contributed by atoms with Crippen LogP contribution in [0.1, 0.15) is 17.5 Å². The standard InChI is InChI=1S/C21H19ClF4N2O3/c1-13(20(30)28-11-14-2-4-15(5-3-14)21(24,25)26)8-9-27-19(29)12-31-16-6-7-17(22)18(23)10-16/h2-7,10H,1,8-9,11-12H2,(H,27,29)(H,28,30). The van der Waals surface area contributed by atoms with Gasteiger partial charge in [-0.2, -0.15) is 13.2 Å². The monoisotopic (exact) mass is 458 g/mol. The van der Waals surface area contributed by atoms with Crippen molar-refractivity contribution in [2.75, 3.05) is 13.2 Å². The van der Waals surface area contributed by atoms with Gasteiger partial charge >= 0.3 is 6.18 Å². The Morgan fingerprint density at radius 2 is 1.74 bits per heavy atom. The first-order chi connectivity index (χ1) is 14.6. The molecule has 0 aliphatic carbocycles. The van der Waals surface area contributed by atoms with Crippen LogP contribution in [0.3, 0.4) is 0 Å². The molecule has 2 aromatic rings. The third-order valence-corrected chi connectivity index (χ3v) is 4.37. The van der Waals surface area contributed by atoms with Crippen molar-refractivity contribution < 1.29 is 31.9 Å². The minimum atomic E-state index is -4.42. The van der Waals surface area contributed by atoms with Crippen LogP contribution >= 0.6 is 11.6 Å². The van der Waals surface area contributed by atoms with Crippen molar-refractivity contribution in [3.63, 3.8) is 0 Å². The minimum Gasteiger partial charge on any atom is -0.484 e. The van der Waals surface area contributed by atoms with Gasteiger partial charge in [-0.15, -0.1) is 0 Å². The lowest BCUT2D eigenvalue weighted by Crippen LogP contribution is -2.31. The fourth-order valence-electron chi connectivity index (χ4n) is 2.35. The van der Waals surface area contributed by atoms with E-state index < -0.39 is 29.4 Å². The highest BCUT2D eigenvalue weighted by Crippen LogP contribution is 2.29. The summed E-state index contributed by atoms with van der Waals surface area (Å²) < 4.78 is 56.1. The van der Waals surface area contributed by atoms with E-state index in [-0.39, 0.29) is 42.5 Å². The maximum atomic E-state index is 13.3. The molecule has 2 amide bonds. The molecule has 10 heteroatoms. The van der Waals surface area contributed by atoms with E-state index in [1.54, 1.807) is 0 Å². The van der Waals surface area contributed by atoms with Crippen LogP contribution in [-0.4, -0.2) is 25.0 Å². The Balaban J connectivity index is 1.67. The van der Waals surface area contributed by atoms with Gasteiger partial charge in [0.05, 0.1) is 10.6 Å². The van der Waals surface area contributed by atoms with E-state index in [1.807, 2.05) is 0 Å². The number of carbonyl (C=O) groups is 2. The average molecular weight is 459 g/mol. The molecule has 5 nitrogen and oxygen atoms in total. The molecule has 0 heterocycles. The van der Waals surface area contributed by atoms with E-state index in [0.29, 0.717) is 5.56 Å². The summed E-state index contributed by atoms with van der Waals surface area (Å²) in [6.07, 6.45) is -4.27. The van der Waals surface area contributed by atoms with E-state index >= 15 is 0 Å². The second kappa shape index (κ2) is 10.8. The van der Waals surface area contributed by atoms with Crippen LogP contribution in [0, 0.1) is 5.82 Å². The van der Waals surface area contributed by atoms with Gasteiger partial charge in [0.15, 0.2) is 6.61 Å². The second-order valence-corrected chi connectivity index (χ2v) is 6.85. The zero-order valence-corrected chi connectivity index (χ0v) is 16.9. The molecule has 0 bridgehead atoms. The Bertz CT molecular complexity index is 947. The molecule has 2 aromatic carbocycles. The molecule has 0 spiro atoms. The maximum absolute atomic E-state index is 13.3. The van der Waals surface area contributed by atoms with Crippen molar-refractivity contribution in [3.05, 3.63) is 76.6 Å². The Morgan fingerprint density at radius 1 is 1.06 bits per heavy atom. The number of amides is 2. The smallest absolute Gasteiger partial charge is 0.416 e. The molecule has 31 heavy (non-hydrogen) atoms. The molecular weight excluding hydrogens is 440 g/mol. The van der Waals surface area contributed by atoms with Crippen molar-refractivity contribution in [1.82, 2.24) is 10.6 Å². The normalized spacial score (nSPS) is 11.0. The largest absolute Gasteiger partial charge is 0.484 e. The van der Waals surface area contributed by atoms with E-state index in [4.69, 9.17) is 16.3 Å². The second-order valence-electron chi connectivity index (χ2n) is 6.45. The molecule has 0 fully saturated rings. The van der Waals surface area contributed by atoms with Gasteiger partial charge in [0.1, 0.15) is 11.6 Å². The molecule has 0 saturated heterocycles. The van der Waals surface area contributed by atoms with Crippen LogP contribution in [0.25, 0.3) is 0 Å². The summed E-state index contributed by atoms with van der Waals surface area (Å²) >= 11 is 5.56. The van der Waals surface area contributed by atoms with Gasteiger partial charge in [-0.25, -0.2) is 4.39 Å². The lowest BCUT2D eigenvalue weighted by molar-refractivity contribution is -0.137. The van der Waals surface area contributed by atoms with Crippen LogP contribution in [0.5, 0.6) is 5.75 Å². The van der Waals surface area contributed by atoms with E-state index in [2.05, 4.69) is 17.2 Å². The van der Waals surface area contributed by atoms with Gasteiger partial charge in [-0.3, -0.25) is 9.59 Å². The molecular formula is C21H19ClF4N2O3. The highest BCUT2D eigenvalue weighted by molar-refractivity contribution is 6.30. The number of carbonyl (C=O) groups excluding carboxylic acids is 2. The molecule has 2 rings (SSSR count). The van der Waals surface area contributed by atoms with Gasteiger partial charge in [0.25, 0.3) is 5.91 Å². The van der Waals surface area contributed by atoms with Gasteiger partial charge in [0.2, 0.25) is 5.91 Å². The number of benzene rings is 2. The molecule has 166 valence electrons. The minimum absolute atomic E-state index is 0.0356. The predicted octanol–water partition coefficient (Wildman–Crippen LogP) is 4.26. The Kier molecular flexibility index (Phi) is 8.44. The molecule has 2 N–H and O–H groups in total. The van der Waals surface area contributed by atoms with Gasteiger partial charge in [0, 0.05) is 24.7 Å². The summed E-state index contributed by atoms with van der Waals surface area (Å²) in [6.45, 7) is 3.42. The fraction of sp³-hybridized carbons (Fsp3) is 0.238. The first-order valence-electron chi connectivity index (χ1n) is 9.03. The van der Waals surface area contributed by atoms with E-state index in [0.717, 1.165) is 18.2 Å². The predicted molar refractivity (Wildman–Crippen MR) is 107 cm³/mol. The number of hydrogen-bond acceptors (Lipinski definition) is 3. The number of hydrogen-bond donors (Lipinski definition) is 2. The van der Waals surface area contributed by atoms with Gasteiger partial charge in [-0.05, 0) is 36.2 Å². The topological polar surface area (TPSA) is 67.4 Å². The van der Waals surface area contributed by atoms with Crippen LogP contribution < -0.4 is 15.4 Å². The van der Waals surface area contributed by atoms with Crippen molar-refractivity contribution in [1.29, 1.82) is 0 Å². The summed E-state index contributed by atoms with van der Waals surface area (Å²) in [5.74, 6) is -1.49. The lowest BCUT2D eigenvalue weighted by atomic mass is 10.1. The van der Waals surface area contributed by atoms with Crippen molar-refractivity contribution >= 4 is 23.4 Å². The third-order valence-electron chi connectivity index (χ3n) is 4.07. The number of alkyl halides is 3. The Hall–Kier alpha value is -3.07. The highest BCUT2D eigenvalue weighted by Gasteiger charge is 2.29. The van der Waals surface area contributed by atoms with Gasteiger partial charge in [-0.1, -0.05) is 30.3 Å². The Labute approximate surface area is 181 Å². The molecule has 0 atom stereocenters. The average Bonchev–Trinajstić information content (AvgIpc) is 2.72. The SMILES string of the molecule is C=C(CCNC(=O)COc1ccc(Cl)c(F)c1)C(=O)NCc1ccc(C(F)(F)F)cc1. The van der Waals surface area contributed by atoms with Crippen LogP contribution in [-0.2, 0) is 22.3 Å². The lowest BCUT2D eigenvalue weighted by Gasteiger charge is -2.11. The summed E-state index contributed by atoms with van der Waals surface area (Å²) in [4.78, 5) is 23.8. The zero-order chi connectivity index (χ0) is 23.0. The molecule has 0 saturated carbocycles. The van der Waals surface area contributed by atoms with E-state index in [1.165, 1.54) is 24.3 Å². The summed E-state index contributed by atoms with van der Waals surface area (Å²) in [7, 11) is 0. The number of halogens is 5. The van der Waals surface area contributed by atoms with Crippen LogP contribution in [0.4, 0.5) is 17.6 Å². The first-order valence-corrected chi connectivity index (χ1v) is 9.40. The quantitative estimate of drug-likeness (QED) is 0.436. The molecule has 0 aliphatic heterocycles. The number of ether oxygens (including phenoxy) is 1.